The van der Waals surface area contributed by atoms with Gasteiger partial charge in [0, 0.05) is 49.9 Å². The average Bonchev–Trinajstić information content (AvgIpc) is 2.91. The van der Waals surface area contributed by atoms with Crippen LogP contribution < -0.4 is 5.32 Å². The van der Waals surface area contributed by atoms with E-state index in [4.69, 9.17) is 11.6 Å². The molecule has 1 aliphatic rings. The third-order valence-corrected chi connectivity index (χ3v) is 5.16. The number of carbonyl (C=O) groups is 1. The fourth-order valence-electron chi connectivity index (χ4n) is 3.36. The van der Waals surface area contributed by atoms with Crippen molar-refractivity contribution in [3.8, 4) is 0 Å². The van der Waals surface area contributed by atoms with Crippen LogP contribution in [0.25, 0.3) is 0 Å². The van der Waals surface area contributed by atoms with E-state index in [0.29, 0.717) is 13.1 Å². The molecule has 0 atom stereocenters. The van der Waals surface area contributed by atoms with Gasteiger partial charge in [0.05, 0.1) is 0 Å². The third kappa shape index (κ3) is 5.66. The number of hydrogen-bond donors (Lipinski definition) is 1. The summed E-state index contributed by atoms with van der Waals surface area (Å²) in [5.41, 5.74) is 1.20. The van der Waals surface area contributed by atoms with Crippen molar-refractivity contribution in [2.45, 2.75) is 19.4 Å². The molecular formula is C21H24ClF2N3O. The zero-order valence-corrected chi connectivity index (χ0v) is 16.4. The predicted molar refractivity (Wildman–Crippen MR) is 106 cm³/mol. The van der Waals surface area contributed by atoms with Crippen molar-refractivity contribution >= 4 is 17.6 Å². The van der Waals surface area contributed by atoms with Crippen molar-refractivity contribution in [3.05, 3.63) is 70.2 Å². The van der Waals surface area contributed by atoms with Crippen molar-refractivity contribution in [1.29, 1.82) is 0 Å². The Bertz CT molecular complexity index is 780. The number of nitrogens with one attached hydrogen (secondary N) is 1. The van der Waals surface area contributed by atoms with E-state index in [-0.39, 0.29) is 24.6 Å². The Balaban J connectivity index is 1.45. The zero-order valence-electron chi connectivity index (χ0n) is 15.6. The highest BCUT2D eigenvalue weighted by molar-refractivity contribution is 6.30. The first-order valence-corrected chi connectivity index (χ1v) is 9.83. The van der Waals surface area contributed by atoms with E-state index in [9.17, 15) is 13.6 Å². The Labute approximate surface area is 169 Å². The molecule has 150 valence electrons. The summed E-state index contributed by atoms with van der Waals surface area (Å²) in [6.07, 6.45) is 1.00. The first-order chi connectivity index (χ1) is 13.5. The molecule has 0 saturated carbocycles. The number of carbonyl (C=O) groups excluding carboxylic acids is 1. The van der Waals surface area contributed by atoms with E-state index < -0.39 is 11.6 Å². The van der Waals surface area contributed by atoms with Crippen molar-refractivity contribution in [3.63, 3.8) is 0 Å². The van der Waals surface area contributed by atoms with Crippen LogP contribution in [-0.2, 0) is 13.0 Å². The van der Waals surface area contributed by atoms with E-state index in [1.165, 1.54) is 23.8 Å². The monoisotopic (exact) mass is 407 g/mol. The highest BCUT2D eigenvalue weighted by Crippen LogP contribution is 2.14. The van der Waals surface area contributed by atoms with Crippen LogP contribution in [0.5, 0.6) is 0 Å². The molecule has 0 radical (unpaired) electrons. The van der Waals surface area contributed by atoms with E-state index in [0.717, 1.165) is 31.1 Å². The van der Waals surface area contributed by atoms with Crippen LogP contribution in [0.3, 0.4) is 0 Å². The van der Waals surface area contributed by atoms with E-state index >= 15 is 0 Å². The zero-order chi connectivity index (χ0) is 19.9. The molecule has 1 saturated heterocycles. The summed E-state index contributed by atoms with van der Waals surface area (Å²) < 4.78 is 27.3. The quantitative estimate of drug-likeness (QED) is 0.810. The highest BCUT2D eigenvalue weighted by atomic mass is 35.5. The number of halogens is 3. The highest BCUT2D eigenvalue weighted by Gasteiger charge is 2.19. The van der Waals surface area contributed by atoms with Gasteiger partial charge in [-0.3, -0.25) is 4.90 Å². The van der Waals surface area contributed by atoms with Crippen molar-refractivity contribution in [1.82, 2.24) is 15.1 Å². The van der Waals surface area contributed by atoms with Crippen molar-refractivity contribution < 1.29 is 13.6 Å². The summed E-state index contributed by atoms with van der Waals surface area (Å²) in [4.78, 5) is 16.5. The SMILES string of the molecule is O=C(NCCc1c(F)cccc1F)N1CCCN(Cc2ccc(Cl)cc2)CC1. The van der Waals surface area contributed by atoms with Crippen LogP contribution in [0.4, 0.5) is 13.6 Å². The predicted octanol–water partition coefficient (Wildman–Crippen LogP) is 4.08. The number of rotatable bonds is 5. The van der Waals surface area contributed by atoms with Crippen molar-refractivity contribution in [2.75, 3.05) is 32.7 Å². The summed E-state index contributed by atoms with van der Waals surface area (Å²) >= 11 is 5.93. The Morgan fingerprint density at radius 1 is 1.00 bits per heavy atom. The van der Waals surface area contributed by atoms with Gasteiger partial charge in [0.15, 0.2) is 0 Å². The number of benzene rings is 2. The Kier molecular flexibility index (Phi) is 7.23. The standard InChI is InChI=1S/C21H24ClF2N3O/c22-17-7-5-16(6-8-17)15-26-11-2-12-27(14-13-26)21(28)25-10-9-18-19(23)3-1-4-20(18)24/h1,3-8H,2,9-15H2,(H,25,28). The molecule has 1 aliphatic heterocycles. The third-order valence-electron chi connectivity index (χ3n) is 4.91. The molecule has 2 amide bonds. The van der Waals surface area contributed by atoms with Gasteiger partial charge in [-0.15, -0.1) is 0 Å². The van der Waals surface area contributed by atoms with Crippen LogP contribution in [0.2, 0.25) is 5.02 Å². The molecule has 0 aliphatic carbocycles. The van der Waals surface area contributed by atoms with Gasteiger partial charge >= 0.3 is 6.03 Å². The second kappa shape index (κ2) is 9.85. The lowest BCUT2D eigenvalue weighted by molar-refractivity contribution is 0.197. The van der Waals surface area contributed by atoms with Gasteiger partial charge in [0.1, 0.15) is 11.6 Å². The Morgan fingerprint density at radius 2 is 1.71 bits per heavy atom. The maximum Gasteiger partial charge on any atom is 0.317 e. The fourth-order valence-corrected chi connectivity index (χ4v) is 3.48. The minimum absolute atomic E-state index is 0.00723. The molecule has 3 rings (SSSR count). The fraction of sp³-hybridized carbons (Fsp3) is 0.381. The van der Waals surface area contributed by atoms with Gasteiger partial charge in [-0.1, -0.05) is 29.8 Å². The van der Waals surface area contributed by atoms with Crippen LogP contribution in [0, 0.1) is 11.6 Å². The average molecular weight is 408 g/mol. The maximum atomic E-state index is 13.7. The molecule has 7 heteroatoms. The van der Waals surface area contributed by atoms with Gasteiger partial charge in [0.25, 0.3) is 0 Å². The second-order valence-corrected chi connectivity index (χ2v) is 7.36. The summed E-state index contributed by atoms with van der Waals surface area (Å²) in [6, 6.07) is 11.4. The van der Waals surface area contributed by atoms with E-state index in [2.05, 4.69) is 10.2 Å². The first kappa shape index (κ1) is 20.6. The number of hydrogen-bond acceptors (Lipinski definition) is 2. The molecule has 1 fully saturated rings. The van der Waals surface area contributed by atoms with Crippen LogP contribution in [0.1, 0.15) is 17.5 Å². The molecule has 1 N–H and O–H groups in total. The lowest BCUT2D eigenvalue weighted by Gasteiger charge is -2.22. The minimum atomic E-state index is -0.582. The Hall–Kier alpha value is -2.18. The first-order valence-electron chi connectivity index (χ1n) is 9.45. The molecule has 0 unspecified atom stereocenters. The lowest BCUT2D eigenvalue weighted by atomic mass is 10.1. The molecule has 4 nitrogen and oxygen atoms in total. The topological polar surface area (TPSA) is 35.6 Å². The molecule has 2 aromatic carbocycles. The molecule has 28 heavy (non-hydrogen) atoms. The number of urea groups is 1. The number of nitrogens with zero attached hydrogens (tertiary/aromatic N) is 2. The summed E-state index contributed by atoms with van der Waals surface area (Å²) in [5.74, 6) is -1.16. The lowest BCUT2D eigenvalue weighted by Crippen LogP contribution is -2.42. The smallest absolute Gasteiger partial charge is 0.317 e. The largest absolute Gasteiger partial charge is 0.338 e. The molecule has 1 heterocycles. The maximum absolute atomic E-state index is 13.7. The normalized spacial score (nSPS) is 15.3. The van der Waals surface area contributed by atoms with Crippen LogP contribution >= 0.6 is 11.6 Å². The van der Waals surface area contributed by atoms with Gasteiger partial charge in [-0.25, -0.2) is 13.6 Å². The van der Waals surface area contributed by atoms with Crippen molar-refractivity contribution in [2.24, 2.45) is 0 Å². The molecule has 0 spiro atoms. The summed E-state index contributed by atoms with van der Waals surface area (Å²) in [6.45, 7) is 3.98. The summed E-state index contributed by atoms with van der Waals surface area (Å²) in [7, 11) is 0. The molecular weight excluding hydrogens is 384 g/mol. The van der Waals surface area contributed by atoms with E-state index in [1.54, 1.807) is 4.90 Å². The molecule has 0 bridgehead atoms. The minimum Gasteiger partial charge on any atom is -0.338 e. The van der Waals surface area contributed by atoms with Crippen LogP contribution in [-0.4, -0.2) is 48.6 Å². The van der Waals surface area contributed by atoms with Crippen LogP contribution in [0.15, 0.2) is 42.5 Å². The Morgan fingerprint density at radius 3 is 2.43 bits per heavy atom. The number of amides is 2. The molecule has 0 aromatic heterocycles. The van der Waals surface area contributed by atoms with Gasteiger partial charge < -0.3 is 10.2 Å². The summed E-state index contributed by atoms with van der Waals surface area (Å²) in [5, 5.41) is 3.49. The van der Waals surface area contributed by atoms with Gasteiger partial charge in [-0.05, 0) is 42.7 Å². The molecule has 2 aromatic rings. The van der Waals surface area contributed by atoms with Gasteiger partial charge in [-0.2, -0.15) is 0 Å². The van der Waals surface area contributed by atoms with Gasteiger partial charge in [0.2, 0.25) is 0 Å². The van der Waals surface area contributed by atoms with E-state index in [1.807, 2.05) is 24.3 Å². The second-order valence-electron chi connectivity index (χ2n) is 6.93.